The molecule has 1 fully saturated rings. The van der Waals surface area contributed by atoms with Crippen LogP contribution in [-0.4, -0.2) is 53.0 Å². The molecule has 0 bridgehead atoms. The van der Waals surface area contributed by atoms with Crippen LogP contribution < -0.4 is 10.2 Å². The van der Waals surface area contributed by atoms with E-state index in [0.717, 1.165) is 26.2 Å². The van der Waals surface area contributed by atoms with Crippen molar-refractivity contribution in [2.45, 2.75) is 13.3 Å². The fourth-order valence-electron chi connectivity index (χ4n) is 2.47. The van der Waals surface area contributed by atoms with E-state index >= 15 is 0 Å². The molecule has 1 aliphatic heterocycles. The van der Waals surface area contributed by atoms with Crippen LogP contribution in [0.5, 0.6) is 0 Å². The lowest BCUT2D eigenvalue weighted by molar-refractivity contribution is 0.0699. The molecule has 7 nitrogen and oxygen atoms in total. The first kappa shape index (κ1) is 14.9. The first-order valence-corrected chi connectivity index (χ1v) is 8.01. The summed E-state index contributed by atoms with van der Waals surface area (Å²) in [6.07, 6.45) is 0.323. The van der Waals surface area contributed by atoms with Gasteiger partial charge in [0.15, 0.2) is 11.6 Å². The van der Waals surface area contributed by atoms with Crippen molar-refractivity contribution in [2.75, 3.05) is 31.1 Å². The Labute approximate surface area is 131 Å². The van der Waals surface area contributed by atoms with Crippen LogP contribution in [0.3, 0.4) is 0 Å². The van der Waals surface area contributed by atoms with Crippen LogP contribution in [0.4, 0.5) is 5.82 Å². The molecule has 0 unspecified atom stereocenters. The molecule has 2 aromatic heterocycles. The number of fused-ring (bicyclic) bond motifs is 1. The molecular weight excluding hydrogens is 304 g/mol. The minimum absolute atomic E-state index is 0.136. The Morgan fingerprint density at radius 3 is 2.73 bits per heavy atom. The number of aromatic nitrogens is 2. The average molecular weight is 320 g/mol. The van der Waals surface area contributed by atoms with E-state index in [9.17, 15) is 14.7 Å². The summed E-state index contributed by atoms with van der Waals surface area (Å²) in [7, 11) is 0. The Hall–Kier alpha value is -2.06. The number of Topliss-reactive ketones (excluding diaryl/α,β-unsaturated/α-hetero) is 1. The second-order valence-electron chi connectivity index (χ2n) is 5.02. The number of aromatic carboxylic acids is 1. The maximum absolute atomic E-state index is 12.0. The second-order valence-corrected chi connectivity index (χ2v) is 5.88. The van der Waals surface area contributed by atoms with E-state index in [1.165, 1.54) is 11.3 Å². The lowest BCUT2D eigenvalue weighted by Crippen LogP contribution is -2.44. The number of nitrogens with one attached hydrogen (secondary N) is 1. The zero-order valence-electron chi connectivity index (χ0n) is 12.1. The number of rotatable bonds is 4. The standard InChI is InChI=1S/C14H16N4O3S/c1-2-9(19)11-16-12(18-5-3-15-4-6-18)10-8(14(20)21)7-22-13(10)17-11/h7,15H,2-6H2,1H3,(H,20,21). The highest BCUT2D eigenvalue weighted by molar-refractivity contribution is 7.17. The molecule has 0 amide bonds. The van der Waals surface area contributed by atoms with Gasteiger partial charge in [0.05, 0.1) is 10.9 Å². The van der Waals surface area contributed by atoms with Gasteiger partial charge in [0.1, 0.15) is 10.6 Å². The van der Waals surface area contributed by atoms with Gasteiger partial charge in [0.25, 0.3) is 0 Å². The van der Waals surface area contributed by atoms with E-state index in [-0.39, 0.29) is 17.2 Å². The predicted molar refractivity (Wildman–Crippen MR) is 84.1 cm³/mol. The van der Waals surface area contributed by atoms with Crippen molar-refractivity contribution in [3.63, 3.8) is 0 Å². The van der Waals surface area contributed by atoms with E-state index in [1.807, 2.05) is 4.90 Å². The minimum Gasteiger partial charge on any atom is -0.478 e. The SMILES string of the molecule is CCC(=O)c1nc(N2CCNCC2)c2c(C(=O)O)csc2n1. The van der Waals surface area contributed by atoms with Crippen molar-refractivity contribution in [3.8, 4) is 0 Å². The number of carboxylic acids is 1. The van der Waals surface area contributed by atoms with E-state index < -0.39 is 5.97 Å². The molecule has 0 radical (unpaired) electrons. The van der Waals surface area contributed by atoms with Crippen molar-refractivity contribution in [3.05, 3.63) is 16.8 Å². The number of carbonyl (C=O) groups excluding carboxylic acids is 1. The molecule has 8 heteroatoms. The maximum atomic E-state index is 12.0. The molecule has 2 aromatic rings. The van der Waals surface area contributed by atoms with Gasteiger partial charge in [-0.25, -0.2) is 14.8 Å². The molecule has 0 atom stereocenters. The lowest BCUT2D eigenvalue weighted by atomic mass is 10.2. The number of carbonyl (C=O) groups is 2. The molecule has 1 saturated heterocycles. The molecular formula is C14H16N4O3S. The average Bonchev–Trinajstić information content (AvgIpc) is 2.98. The van der Waals surface area contributed by atoms with Crippen LogP contribution >= 0.6 is 11.3 Å². The number of anilines is 1. The maximum Gasteiger partial charge on any atom is 0.337 e. The molecule has 1 aliphatic rings. The summed E-state index contributed by atoms with van der Waals surface area (Å²) < 4.78 is 0. The van der Waals surface area contributed by atoms with Crippen LogP contribution in [0.15, 0.2) is 5.38 Å². The van der Waals surface area contributed by atoms with Gasteiger partial charge in [0, 0.05) is 38.0 Å². The summed E-state index contributed by atoms with van der Waals surface area (Å²) in [6.45, 7) is 4.81. The number of ketones is 1. The minimum atomic E-state index is -0.999. The highest BCUT2D eigenvalue weighted by Gasteiger charge is 2.24. The monoisotopic (exact) mass is 320 g/mol. The molecule has 0 aliphatic carbocycles. The number of hydrogen-bond acceptors (Lipinski definition) is 7. The van der Waals surface area contributed by atoms with Crippen LogP contribution in [0.1, 0.15) is 34.3 Å². The van der Waals surface area contributed by atoms with Crippen LogP contribution in [0.25, 0.3) is 10.2 Å². The van der Waals surface area contributed by atoms with Gasteiger partial charge in [-0.3, -0.25) is 4.79 Å². The summed E-state index contributed by atoms with van der Waals surface area (Å²) in [6, 6.07) is 0. The van der Waals surface area contributed by atoms with E-state index in [4.69, 9.17) is 0 Å². The molecule has 3 rings (SSSR count). The van der Waals surface area contributed by atoms with Crippen LogP contribution in [-0.2, 0) is 0 Å². The third-order valence-corrected chi connectivity index (χ3v) is 4.50. The lowest BCUT2D eigenvalue weighted by Gasteiger charge is -2.29. The molecule has 116 valence electrons. The number of hydrogen-bond donors (Lipinski definition) is 2. The first-order chi connectivity index (χ1) is 10.6. The van der Waals surface area contributed by atoms with Gasteiger partial charge in [-0.2, -0.15) is 0 Å². The summed E-state index contributed by atoms with van der Waals surface area (Å²) in [4.78, 5) is 34.6. The number of carboxylic acid groups (broad SMARTS) is 1. The molecule has 22 heavy (non-hydrogen) atoms. The summed E-state index contributed by atoms with van der Waals surface area (Å²) in [5, 5.41) is 14.7. The van der Waals surface area contributed by atoms with E-state index in [1.54, 1.807) is 12.3 Å². The molecule has 0 saturated carbocycles. The summed E-state index contributed by atoms with van der Waals surface area (Å²) in [5.41, 5.74) is 0.198. The second kappa shape index (κ2) is 5.98. The Morgan fingerprint density at radius 2 is 2.09 bits per heavy atom. The Kier molecular flexibility index (Phi) is 4.04. The first-order valence-electron chi connectivity index (χ1n) is 7.13. The molecule has 3 heterocycles. The predicted octanol–water partition coefficient (Wildman–Crippen LogP) is 1.39. The van der Waals surface area contributed by atoms with Gasteiger partial charge in [0.2, 0.25) is 0 Å². The normalized spacial score (nSPS) is 15.2. The van der Waals surface area contributed by atoms with Gasteiger partial charge in [-0.05, 0) is 0 Å². The van der Waals surface area contributed by atoms with Crippen molar-refractivity contribution in [1.82, 2.24) is 15.3 Å². The fourth-order valence-corrected chi connectivity index (χ4v) is 3.38. The molecule has 2 N–H and O–H groups in total. The largest absolute Gasteiger partial charge is 0.478 e. The Bertz CT molecular complexity index is 737. The van der Waals surface area contributed by atoms with Gasteiger partial charge in [-0.15, -0.1) is 11.3 Å². The van der Waals surface area contributed by atoms with E-state index in [2.05, 4.69) is 15.3 Å². The van der Waals surface area contributed by atoms with Crippen molar-refractivity contribution < 1.29 is 14.7 Å². The number of piperazine rings is 1. The fraction of sp³-hybridized carbons (Fsp3) is 0.429. The van der Waals surface area contributed by atoms with E-state index in [0.29, 0.717) is 22.5 Å². The topological polar surface area (TPSA) is 95.4 Å². The van der Waals surface area contributed by atoms with Gasteiger partial charge in [-0.1, -0.05) is 6.92 Å². The Balaban J connectivity index is 2.21. The molecule has 0 aromatic carbocycles. The third-order valence-electron chi connectivity index (χ3n) is 3.63. The van der Waals surface area contributed by atoms with Crippen molar-refractivity contribution >= 4 is 39.1 Å². The van der Waals surface area contributed by atoms with Crippen LogP contribution in [0, 0.1) is 0 Å². The highest BCUT2D eigenvalue weighted by atomic mass is 32.1. The van der Waals surface area contributed by atoms with Crippen LogP contribution in [0.2, 0.25) is 0 Å². The number of nitrogens with zero attached hydrogens (tertiary/aromatic N) is 3. The van der Waals surface area contributed by atoms with Crippen molar-refractivity contribution in [2.24, 2.45) is 0 Å². The number of thiophene rings is 1. The summed E-state index contributed by atoms with van der Waals surface area (Å²) >= 11 is 1.24. The zero-order chi connectivity index (χ0) is 15.7. The van der Waals surface area contributed by atoms with Gasteiger partial charge >= 0.3 is 5.97 Å². The van der Waals surface area contributed by atoms with Gasteiger partial charge < -0.3 is 15.3 Å². The molecule has 0 spiro atoms. The van der Waals surface area contributed by atoms with Crippen molar-refractivity contribution in [1.29, 1.82) is 0 Å². The Morgan fingerprint density at radius 1 is 1.36 bits per heavy atom. The highest BCUT2D eigenvalue weighted by Crippen LogP contribution is 2.32. The summed E-state index contributed by atoms with van der Waals surface area (Å²) in [5.74, 6) is -0.409. The zero-order valence-corrected chi connectivity index (χ0v) is 12.9. The third kappa shape index (κ3) is 2.55. The quantitative estimate of drug-likeness (QED) is 0.822. The smallest absolute Gasteiger partial charge is 0.337 e.